The zero-order valence-corrected chi connectivity index (χ0v) is 13.8. The van der Waals surface area contributed by atoms with Crippen LogP contribution in [-0.2, 0) is 14.4 Å². The Morgan fingerprint density at radius 3 is 2.09 bits per heavy atom. The molecule has 0 radical (unpaired) electrons. The van der Waals surface area contributed by atoms with Crippen LogP contribution in [0.4, 0.5) is 17.1 Å². The lowest BCUT2D eigenvalue weighted by molar-refractivity contribution is -0.133. The minimum atomic E-state index is -0.805. The third kappa shape index (κ3) is 4.93. The first-order valence-electron chi connectivity index (χ1n) is 6.70. The van der Waals surface area contributed by atoms with Crippen molar-refractivity contribution >= 4 is 50.7 Å². The molecule has 7 heteroatoms. The average Bonchev–Trinajstić information content (AvgIpc) is 2.49. The summed E-state index contributed by atoms with van der Waals surface area (Å²) in [4.78, 5) is 34.9. The molecule has 0 aliphatic carbocycles. The van der Waals surface area contributed by atoms with Gasteiger partial charge in [0.05, 0.1) is 5.69 Å². The van der Waals surface area contributed by atoms with E-state index in [-0.39, 0.29) is 5.91 Å². The van der Waals surface area contributed by atoms with Crippen LogP contribution in [-0.4, -0.2) is 17.7 Å². The second-order valence-electron chi connectivity index (χ2n) is 4.65. The smallest absolute Gasteiger partial charge is 0.314 e. The molecule has 0 atom stereocenters. The predicted molar refractivity (Wildman–Crippen MR) is 92.1 cm³/mol. The molecule has 2 aromatic rings. The highest BCUT2D eigenvalue weighted by atomic mass is 79.9. The van der Waals surface area contributed by atoms with E-state index in [1.807, 2.05) is 0 Å². The standard InChI is InChI=1S/C16H14BrN3O3/c1-10(21)18-11-5-4-6-12(9-11)19-15(22)16(23)20-14-8-3-2-7-13(14)17/h2-9H,1H3,(H,18,21)(H,19,22)(H,20,23). The largest absolute Gasteiger partial charge is 0.326 e. The maximum atomic E-state index is 11.9. The fourth-order valence-electron chi connectivity index (χ4n) is 1.81. The van der Waals surface area contributed by atoms with Gasteiger partial charge >= 0.3 is 11.8 Å². The first-order chi connectivity index (χ1) is 11.0. The zero-order valence-electron chi connectivity index (χ0n) is 12.2. The molecule has 3 amide bonds. The number of amides is 3. The van der Waals surface area contributed by atoms with Crippen molar-refractivity contribution in [3.63, 3.8) is 0 Å². The molecule has 0 saturated carbocycles. The quantitative estimate of drug-likeness (QED) is 0.720. The first kappa shape index (κ1) is 16.7. The van der Waals surface area contributed by atoms with E-state index < -0.39 is 11.8 Å². The molecule has 6 nitrogen and oxygen atoms in total. The second kappa shape index (κ2) is 7.55. The summed E-state index contributed by atoms with van der Waals surface area (Å²) in [7, 11) is 0. The van der Waals surface area contributed by atoms with Gasteiger partial charge in [-0.25, -0.2) is 0 Å². The highest BCUT2D eigenvalue weighted by Crippen LogP contribution is 2.21. The number of rotatable bonds is 3. The molecule has 0 saturated heterocycles. The van der Waals surface area contributed by atoms with E-state index in [0.717, 1.165) is 0 Å². The van der Waals surface area contributed by atoms with Gasteiger partial charge in [0.25, 0.3) is 0 Å². The van der Waals surface area contributed by atoms with Gasteiger partial charge in [0, 0.05) is 22.8 Å². The van der Waals surface area contributed by atoms with Crippen molar-refractivity contribution < 1.29 is 14.4 Å². The molecule has 0 aliphatic rings. The van der Waals surface area contributed by atoms with Gasteiger partial charge in [-0.1, -0.05) is 18.2 Å². The van der Waals surface area contributed by atoms with E-state index in [0.29, 0.717) is 21.5 Å². The summed E-state index contributed by atoms with van der Waals surface area (Å²) in [5.74, 6) is -1.82. The molecule has 2 aromatic carbocycles. The average molecular weight is 376 g/mol. The summed E-state index contributed by atoms with van der Waals surface area (Å²) in [5, 5.41) is 7.58. The van der Waals surface area contributed by atoms with Crippen molar-refractivity contribution in [2.24, 2.45) is 0 Å². The normalized spacial score (nSPS) is 9.83. The van der Waals surface area contributed by atoms with Gasteiger partial charge in [-0.15, -0.1) is 0 Å². The Kier molecular flexibility index (Phi) is 5.48. The SMILES string of the molecule is CC(=O)Nc1cccc(NC(=O)C(=O)Nc2ccccc2Br)c1. The number of carbonyl (C=O) groups is 3. The number of nitrogens with one attached hydrogen (secondary N) is 3. The minimum absolute atomic E-state index is 0.222. The molecule has 23 heavy (non-hydrogen) atoms. The molecule has 3 N–H and O–H groups in total. The van der Waals surface area contributed by atoms with Gasteiger partial charge in [0.1, 0.15) is 0 Å². The van der Waals surface area contributed by atoms with Gasteiger partial charge in [-0.2, -0.15) is 0 Å². The summed E-state index contributed by atoms with van der Waals surface area (Å²) >= 11 is 3.29. The van der Waals surface area contributed by atoms with Crippen LogP contribution in [0.25, 0.3) is 0 Å². The second-order valence-corrected chi connectivity index (χ2v) is 5.50. The van der Waals surface area contributed by atoms with Crippen LogP contribution in [0.5, 0.6) is 0 Å². The molecule has 0 bridgehead atoms. The minimum Gasteiger partial charge on any atom is -0.326 e. The molecule has 0 heterocycles. The van der Waals surface area contributed by atoms with Gasteiger partial charge in [0.2, 0.25) is 5.91 Å². The van der Waals surface area contributed by atoms with Crippen LogP contribution in [0.15, 0.2) is 53.0 Å². The van der Waals surface area contributed by atoms with E-state index >= 15 is 0 Å². The zero-order chi connectivity index (χ0) is 16.8. The number of halogens is 1. The number of carbonyl (C=O) groups excluding carboxylic acids is 3. The summed E-state index contributed by atoms with van der Waals surface area (Å²) in [5.41, 5.74) is 1.43. The Morgan fingerprint density at radius 1 is 0.826 bits per heavy atom. The first-order valence-corrected chi connectivity index (χ1v) is 7.49. The molecular weight excluding hydrogens is 362 g/mol. The van der Waals surface area contributed by atoms with Crippen molar-refractivity contribution in [2.45, 2.75) is 6.92 Å². The monoisotopic (exact) mass is 375 g/mol. The van der Waals surface area contributed by atoms with Crippen molar-refractivity contribution in [1.82, 2.24) is 0 Å². The maximum absolute atomic E-state index is 11.9. The Morgan fingerprint density at radius 2 is 1.43 bits per heavy atom. The predicted octanol–water partition coefficient (Wildman–Crippen LogP) is 2.98. The Labute approximate surface area is 141 Å². The molecule has 0 unspecified atom stereocenters. The summed E-state index contributed by atoms with van der Waals surface area (Å²) < 4.78 is 0.675. The Balaban J connectivity index is 2.02. The van der Waals surface area contributed by atoms with Crippen LogP contribution in [0.1, 0.15) is 6.92 Å². The van der Waals surface area contributed by atoms with Crippen molar-refractivity contribution in [2.75, 3.05) is 16.0 Å². The Bertz CT molecular complexity index is 762. The van der Waals surface area contributed by atoms with Crippen LogP contribution < -0.4 is 16.0 Å². The topological polar surface area (TPSA) is 87.3 Å². The lowest BCUT2D eigenvalue weighted by atomic mass is 10.2. The number of hydrogen-bond donors (Lipinski definition) is 3. The van der Waals surface area contributed by atoms with Gasteiger partial charge in [0.15, 0.2) is 0 Å². The Hall–Kier alpha value is -2.67. The number of hydrogen-bond acceptors (Lipinski definition) is 3. The van der Waals surface area contributed by atoms with E-state index in [4.69, 9.17) is 0 Å². The van der Waals surface area contributed by atoms with Crippen molar-refractivity contribution in [3.8, 4) is 0 Å². The molecule has 0 fully saturated rings. The van der Waals surface area contributed by atoms with Gasteiger partial charge < -0.3 is 16.0 Å². The third-order valence-corrected chi connectivity index (χ3v) is 3.46. The molecule has 0 aromatic heterocycles. The van der Waals surface area contributed by atoms with Crippen LogP contribution in [0.2, 0.25) is 0 Å². The number of benzene rings is 2. The van der Waals surface area contributed by atoms with Crippen molar-refractivity contribution in [1.29, 1.82) is 0 Å². The molecule has 0 spiro atoms. The van der Waals surface area contributed by atoms with E-state index in [2.05, 4.69) is 31.9 Å². The van der Waals surface area contributed by atoms with Gasteiger partial charge in [-0.3, -0.25) is 14.4 Å². The summed E-state index contributed by atoms with van der Waals surface area (Å²) in [6.07, 6.45) is 0. The highest BCUT2D eigenvalue weighted by molar-refractivity contribution is 9.10. The van der Waals surface area contributed by atoms with E-state index in [9.17, 15) is 14.4 Å². The van der Waals surface area contributed by atoms with Gasteiger partial charge in [-0.05, 0) is 46.3 Å². The van der Waals surface area contributed by atoms with Crippen LogP contribution >= 0.6 is 15.9 Å². The molecule has 0 aliphatic heterocycles. The van der Waals surface area contributed by atoms with Crippen LogP contribution in [0, 0.1) is 0 Å². The lowest BCUT2D eigenvalue weighted by Crippen LogP contribution is -2.29. The van der Waals surface area contributed by atoms with Crippen LogP contribution in [0.3, 0.4) is 0 Å². The summed E-state index contributed by atoms with van der Waals surface area (Å²) in [6.45, 7) is 1.39. The fourth-order valence-corrected chi connectivity index (χ4v) is 2.19. The van der Waals surface area contributed by atoms with E-state index in [1.165, 1.54) is 6.92 Å². The highest BCUT2D eigenvalue weighted by Gasteiger charge is 2.15. The molecule has 118 valence electrons. The summed E-state index contributed by atoms with van der Waals surface area (Å²) in [6, 6.07) is 13.5. The van der Waals surface area contributed by atoms with Crippen molar-refractivity contribution in [3.05, 3.63) is 53.0 Å². The van der Waals surface area contributed by atoms with E-state index in [1.54, 1.807) is 48.5 Å². The maximum Gasteiger partial charge on any atom is 0.314 e. The molecule has 2 rings (SSSR count). The third-order valence-electron chi connectivity index (χ3n) is 2.77. The lowest BCUT2D eigenvalue weighted by Gasteiger charge is -2.09. The number of para-hydroxylation sites is 1. The molecular formula is C16H14BrN3O3. The fraction of sp³-hybridized carbons (Fsp3) is 0.0625. The number of anilines is 3.